The maximum absolute atomic E-state index is 12.8. The van der Waals surface area contributed by atoms with Crippen LogP contribution in [0.5, 0.6) is 5.75 Å². The number of ether oxygens (including phenoxy) is 1. The molecule has 0 saturated carbocycles. The predicted octanol–water partition coefficient (Wildman–Crippen LogP) is 4.58. The van der Waals surface area contributed by atoms with Crippen molar-refractivity contribution >= 4 is 33.9 Å². The van der Waals surface area contributed by atoms with Gasteiger partial charge in [0, 0.05) is 5.69 Å². The van der Waals surface area contributed by atoms with Gasteiger partial charge in [0.25, 0.3) is 0 Å². The van der Waals surface area contributed by atoms with Crippen molar-refractivity contribution in [2.24, 2.45) is 0 Å². The molecule has 4 aromatic rings. The molecule has 0 atom stereocenters. The van der Waals surface area contributed by atoms with E-state index in [0.29, 0.717) is 26.7 Å². The molecule has 0 bridgehead atoms. The van der Waals surface area contributed by atoms with Gasteiger partial charge in [0.05, 0.1) is 24.1 Å². The first-order valence-corrected chi connectivity index (χ1v) is 10.5. The zero-order chi connectivity index (χ0) is 21.8. The van der Waals surface area contributed by atoms with Crippen LogP contribution in [0.4, 0.5) is 24.0 Å². The summed E-state index contributed by atoms with van der Waals surface area (Å²) in [6.45, 7) is 0. The van der Waals surface area contributed by atoms with E-state index >= 15 is 0 Å². The molecule has 0 aliphatic heterocycles. The topological polar surface area (TPSA) is 90.6 Å². The number of nitrogens with one attached hydrogen (secondary N) is 1. The van der Waals surface area contributed by atoms with Gasteiger partial charge in [0.15, 0.2) is 10.2 Å². The molecule has 2 heterocycles. The van der Waals surface area contributed by atoms with Gasteiger partial charge in [0.1, 0.15) is 5.75 Å². The highest BCUT2D eigenvalue weighted by Gasteiger charge is 2.30. The summed E-state index contributed by atoms with van der Waals surface area (Å²) in [6.07, 6.45) is -4.40. The molecule has 31 heavy (non-hydrogen) atoms. The zero-order valence-corrected chi connectivity index (χ0v) is 17.5. The Bertz CT molecular complexity index is 1140. The van der Waals surface area contributed by atoms with Crippen LogP contribution in [0.3, 0.4) is 0 Å². The average Bonchev–Trinajstić information content (AvgIpc) is 3.41. The number of anilines is 2. The first-order valence-electron chi connectivity index (χ1n) is 8.74. The maximum Gasteiger partial charge on any atom is 0.416 e. The Balaban J connectivity index is 1.40. The highest BCUT2D eigenvalue weighted by atomic mass is 32.2. The molecule has 0 amide bonds. The Morgan fingerprint density at radius 2 is 1.77 bits per heavy atom. The molecule has 13 heteroatoms. The molecule has 0 unspecified atom stereocenters. The van der Waals surface area contributed by atoms with Gasteiger partial charge in [0.2, 0.25) is 5.13 Å². The number of hydrogen-bond donors (Lipinski definition) is 1. The van der Waals surface area contributed by atoms with Gasteiger partial charge in [-0.25, -0.2) is 0 Å². The summed E-state index contributed by atoms with van der Waals surface area (Å²) in [5.41, 5.74) is 0.554. The molecule has 0 saturated heterocycles. The summed E-state index contributed by atoms with van der Waals surface area (Å²) >= 11 is 2.73. The Morgan fingerprint density at radius 1 is 1.03 bits per heavy atom. The third kappa shape index (κ3) is 5.11. The number of rotatable bonds is 7. The third-order valence-electron chi connectivity index (χ3n) is 4.05. The Kier molecular flexibility index (Phi) is 6.04. The van der Waals surface area contributed by atoms with Crippen molar-refractivity contribution in [3.8, 4) is 11.4 Å². The Labute approximate surface area is 182 Å². The molecule has 0 aliphatic carbocycles. The monoisotopic (exact) mass is 465 g/mol. The van der Waals surface area contributed by atoms with E-state index in [1.807, 2.05) is 24.3 Å². The first kappa shape index (κ1) is 21.1. The fraction of sp³-hybridized carbons (Fsp3) is 0.167. The van der Waals surface area contributed by atoms with E-state index in [4.69, 9.17) is 4.74 Å². The smallest absolute Gasteiger partial charge is 0.416 e. The molecule has 4 rings (SSSR count). The van der Waals surface area contributed by atoms with Gasteiger partial charge in [-0.3, -0.25) is 0 Å². The molecule has 0 radical (unpaired) electrons. The number of nitrogens with zero attached hydrogens (tertiary/aromatic N) is 6. The number of hydrogen-bond acceptors (Lipinski definition) is 9. The lowest BCUT2D eigenvalue weighted by atomic mass is 10.2. The molecular weight excluding hydrogens is 451 g/mol. The van der Waals surface area contributed by atoms with Crippen LogP contribution < -0.4 is 10.1 Å². The van der Waals surface area contributed by atoms with Crippen molar-refractivity contribution in [2.75, 3.05) is 12.4 Å². The molecule has 2 aromatic heterocycles. The van der Waals surface area contributed by atoms with Crippen molar-refractivity contribution < 1.29 is 17.9 Å². The summed E-state index contributed by atoms with van der Waals surface area (Å²) in [5.74, 6) is 1.60. The highest BCUT2D eigenvalue weighted by Crippen LogP contribution is 2.31. The van der Waals surface area contributed by atoms with E-state index in [1.54, 1.807) is 7.11 Å². The van der Waals surface area contributed by atoms with Gasteiger partial charge >= 0.3 is 6.18 Å². The molecule has 160 valence electrons. The van der Waals surface area contributed by atoms with E-state index in [1.165, 1.54) is 39.9 Å². The minimum Gasteiger partial charge on any atom is -0.497 e. The number of alkyl halides is 3. The largest absolute Gasteiger partial charge is 0.497 e. The lowest BCUT2D eigenvalue weighted by molar-refractivity contribution is -0.137. The summed E-state index contributed by atoms with van der Waals surface area (Å²) in [4.78, 5) is 0. The fourth-order valence-electron chi connectivity index (χ4n) is 2.53. The quantitative estimate of drug-likeness (QED) is 0.397. The lowest BCUT2D eigenvalue weighted by Gasteiger charge is -2.08. The van der Waals surface area contributed by atoms with E-state index in [0.717, 1.165) is 23.6 Å². The number of benzene rings is 2. The second kappa shape index (κ2) is 8.89. The lowest BCUT2D eigenvalue weighted by Crippen LogP contribution is -2.06. The molecular formula is C18H14F3N7OS2. The normalized spacial score (nSPS) is 11.5. The minimum atomic E-state index is -4.40. The molecule has 0 spiro atoms. The summed E-state index contributed by atoms with van der Waals surface area (Å²) in [6, 6.07) is 12.0. The van der Waals surface area contributed by atoms with Gasteiger partial charge in [-0.1, -0.05) is 23.1 Å². The number of aromatic nitrogens is 6. The van der Waals surface area contributed by atoms with E-state index in [2.05, 4.69) is 31.0 Å². The van der Waals surface area contributed by atoms with Gasteiger partial charge in [-0.2, -0.15) is 17.9 Å². The second-order valence-corrected chi connectivity index (χ2v) is 8.27. The van der Waals surface area contributed by atoms with Crippen molar-refractivity contribution in [1.29, 1.82) is 0 Å². The highest BCUT2D eigenvalue weighted by molar-refractivity contribution is 8.00. The summed E-state index contributed by atoms with van der Waals surface area (Å²) in [5, 5.41) is 23.5. The first-order chi connectivity index (χ1) is 14.9. The molecule has 8 nitrogen and oxygen atoms in total. The van der Waals surface area contributed by atoms with Crippen LogP contribution in [0.1, 0.15) is 11.4 Å². The van der Waals surface area contributed by atoms with E-state index < -0.39 is 11.7 Å². The second-order valence-electron chi connectivity index (χ2n) is 6.07. The van der Waals surface area contributed by atoms with Crippen molar-refractivity contribution in [1.82, 2.24) is 30.4 Å². The number of halogens is 3. The average molecular weight is 465 g/mol. The van der Waals surface area contributed by atoms with Crippen LogP contribution in [-0.2, 0) is 11.9 Å². The Morgan fingerprint density at radius 3 is 2.45 bits per heavy atom. The van der Waals surface area contributed by atoms with Gasteiger partial charge in [-0.05, 0) is 59.0 Å². The summed E-state index contributed by atoms with van der Waals surface area (Å²) in [7, 11) is 1.60. The zero-order valence-electron chi connectivity index (χ0n) is 15.9. The van der Waals surface area contributed by atoms with Crippen LogP contribution in [0, 0.1) is 0 Å². The van der Waals surface area contributed by atoms with Crippen molar-refractivity contribution in [3.63, 3.8) is 0 Å². The standard InChI is InChI=1S/C18H14F3N7OS2/c1-29-14-8-4-12(5-9-14)22-16-24-25-17(31-16)30-10-15-23-26-27-28(15)13-6-2-11(3-7-13)18(19,20)21/h2-9H,10H2,1H3,(H,22,24). The minimum absolute atomic E-state index is 0.366. The summed E-state index contributed by atoms with van der Waals surface area (Å²) < 4.78 is 45.5. The fourth-order valence-corrected chi connectivity index (χ4v) is 4.21. The van der Waals surface area contributed by atoms with Crippen molar-refractivity contribution in [2.45, 2.75) is 16.3 Å². The van der Waals surface area contributed by atoms with Crippen LogP contribution in [0.2, 0.25) is 0 Å². The number of methoxy groups -OCH3 is 1. The maximum atomic E-state index is 12.8. The number of tetrazole rings is 1. The van der Waals surface area contributed by atoms with E-state index in [-0.39, 0.29) is 0 Å². The van der Waals surface area contributed by atoms with Crippen LogP contribution in [-0.4, -0.2) is 37.5 Å². The van der Waals surface area contributed by atoms with Crippen LogP contribution in [0.25, 0.3) is 5.69 Å². The van der Waals surface area contributed by atoms with E-state index in [9.17, 15) is 13.2 Å². The van der Waals surface area contributed by atoms with Gasteiger partial charge in [-0.15, -0.1) is 15.3 Å². The third-order valence-corrected chi connectivity index (χ3v) is 6.01. The van der Waals surface area contributed by atoms with Crippen molar-refractivity contribution in [3.05, 3.63) is 59.9 Å². The molecule has 2 aromatic carbocycles. The predicted molar refractivity (Wildman–Crippen MR) is 110 cm³/mol. The van der Waals surface area contributed by atoms with Gasteiger partial charge < -0.3 is 10.1 Å². The molecule has 0 fully saturated rings. The molecule has 1 N–H and O–H groups in total. The number of thioether (sulfide) groups is 1. The van der Waals surface area contributed by atoms with Crippen LogP contribution in [0.15, 0.2) is 52.9 Å². The Hall–Kier alpha value is -3.19. The molecule has 0 aliphatic rings. The SMILES string of the molecule is COc1ccc(Nc2nnc(SCc3nnnn3-c3ccc(C(F)(F)F)cc3)s2)cc1. The van der Waals surface area contributed by atoms with Crippen LogP contribution >= 0.6 is 23.1 Å².